The average molecular weight is 382 g/mol. The second-order valence-electron chi connectivity index (χ2n) is 4.18. The van der Waals surface area contributed by atoms with E-state index in [4.69, 9.17) is 0 Å². The quantitative estimate of drug-likeness (QED) is 0.734. The van der Waals surface area contributed by atoms with E-state index >= 15 is 0 Å². The van der Waals surface area contributed by atoms with Crippen LogP contribution in [-0.4, -0.2) is 36.6 Å². The molecule has 0 radical (unpaired) electrons. The van der Waals surface area contributed by atoms with E-state index in [-0.39, 0.29) is 24.5 Å². The number of nitrogens with zero attached hydrogens (tertiary/aromatic N) is 1. The molecule has 6 heteroatoms. The number of anilines is 1. The summed E-state index contributed by atoms with van der Waals surface area (Å²) in [4.78, 5) is 13.9. The minimum Gasteiger partial charge on any atom is -0.319 e. The third-order valence-corrected chi connectivity index (χ3v) is 3.58. The minimum atomic E-state index is -0.0137. The fourth-order valence-electron chi connectivity index (χ4n) is 1.87. The van der Waals surface area contributed by atoms with Crippen molar-refractivity contribution in [1.29, 1.82) is 0 Å². The summed E-state index contributed by atoms with van der Waals surface area (Å²) in [6.45, 7) is 4.54. The molecule has 18 heavy (non-hydrogen) atoms. The van der Waals surface area contributed by atoms with Crippen LogP contribution in [0.25, 0.3) is 0 Å². The van der Waals surface area contributed by atoms with Crippen molar-refractivity contribution >= 4 is 46.7 Å². The number of carbonyl (C=O) groups is 1. The summed E-state index contributed by atoms with van der Waals surface area (Å²) in [6.07, 6.45) is 0. The first-order chi connectivity index (χ1) is 8.16. The van der Waals surface area contributed by atoms with Crippen LogP contribution in [0.5, 0.6) is 0 Å². The molecule has 0 aromatic heterocycles. The van der Waals surface area contributed by atoms with Crippen molar-refractivity contribution in [3.05, 3.63) is 27.8 Å². The molecule has 1 aliphatic heterocycles. The number of nitrogens with one attached hydrogen (secondary N) is 2. The van der Waals surface area contributed by atoms with Gasteiger partial charge in [0.2, 0.25) is 0 Å². The summed E-state index contributed by atoms with van der Waals surface area (Å²) in [6, 6.07) is 8.04. The number of rotatable bonds is 1. The van der Waals surface area contributed by atoms with E-state index in [9.17, 15) is 4.79 Å². The Hall–Kier alpha value is -0.530. The molecule has 0 saturated carbocycles. The number of urea groups is 1. The third kappa shape index (κ3) is 4.00. The predicted molar refractivity (Wildman–Crippen MR) is 84.5 cm³/mol. The Bertz CT molecular complexity index is 399. The Morgan fingerprint density at radius 2 is 2.11 bits per heavy atom. The zero-order valence-electron chi connectivity index (χ0n) is 10.1. The largest absolute Gasteiger partial charge is 0.322 e. The second kappa shape index (κ2) is 7.16. The van der Waals surface area contributed by atoms with E-state index in [0.29, 0.717) is 0 Å². The van der Waals surface area contributed by atoms with Crippen molar-refractivity contribution in [2.75, 3.05) is 25.0 Å². The molecule has 1 aromatic carbocycles. The lowest BCUT2D eigenvalue weighted by atomic mass is 10.2. The van der Waals surface area contributed by atoms with Gasteiger partial charge in [0.05, 0.1) is 0 Å². The van der Waals surface area contributed by atoms with Gasteiger partial charge >= 0.3 is 6.03 Å². The molecule has 1 aliphatic rings. The number of hydrogen-bond donors (Lipinski definition) is 2. The number of piperazine rings is 1. The number of halogens is 2. The van der Waals surface area contributed by atoms with Crippen molar-refractivity contribution in [3.63, 3.8) is 0 Å². The van der Waals surface area contributed by atoms with Gasteiger partial charge in [0.15, 0.2) is 0 Å². The summed E-state index contributed by atoms with van der Waals surface area (Å²) in [5, 5.41) is 6.19. The smallest absolute Gasteiger partial charge is 0.319 e. The molecule has 1 fully saturated rings. The lowest BCUT2D eigenvalue weighted by Gasteiger charge is -2.33. The van der Waals surface area contributed by atoms with Gasteiger partial charge in [-0.2, -0.15) is 0 Å². The number of hydrogen-bond acceptors (Lipinski definition) is 2. The van der Waals surface area contributed by atoms with Crippen molar-refractivity contribution in [2.45, 2.75) is 13.0 Å². The Morgan fingerprint density at radius 3 is 2.72 bits per heavy atom. The summed E-state index contributed by atoms with van der Waals surface area (Å²) in [5.41, 5.74) is 0.848. The third-order valence-electron chi connectivity index (χ3n) is 2.86. The lowest BCUT2D eigenvalue weighted by Crippen LogP contribution is -2.53. The second-order valence-corrected chi connectivity index (χ2v) is 5.43. The molecule has 2 rings (SSSR count). The van der Waals surface area contributed by atoms with Gasteiger partial charge in [0.25, 0.3) is 0 Å². The monoisotopic (exact) mass is 381 g/mol. The minimum absolute atomic E-state index is 0. The molecule has 1 aromatic rings. The molecule has 1 unspecified atom stereocenters. The van der Waals surface area contributed by atoms with E-state index in [1.54, 1.807) is 0 Å². The van der Waals surface area contributed by atoms with Gasteiger partial charge in [-0.3, -0.25) is 0 Å². The van der Waals surface area contributed by atoms with Gasteiger partial charge in [-0.05, 0) is 53.8 Å². The van der Waals surface area contributed by atoms with Crippen molar-refractivity contribution in [1.82, 2.24) is 10.2 Å². The van der Waals surface area contributed by atoms with Gasteiger partial charge in [0, 0.05) is 34.9 Å². The molecule has 0 aliphatic carbocycles. The zero-order valence-corrected chi connectivity index (χ0v) is 13.1. The Morgan fingerprint density at radius 1 is 1.44 bits per heavy atom. The highest BCUT2D eigenvalue weighted by atomic mass is 127. The average Bonchev–Trinajstić information content (AvgIpc) is 2.32. The highest BCUT2D eigenvalue weighted by Crippen LogP contribution is 2.13. The molecule has 0 bridgehead atoms. The van der Waals surface area contributed by atoms with E-state index in [1.165, 1.54) is 0 Å². The van der Waals surface area contributed by atoms with Crippen molar-refractivity contribution < 1.29 is 4.79 Å². The van der Waals surface area contributed by atoms with E-state index in [2.05, 4.69) is 40.1 Å². The Balaban J connectivity index is 0.00000162. The van der Waals surface area contributed by atoms with Crippen LogP contribution in [0.4, 0.5) is 10.5 Å². The van der Waals surface area contributed by atoms with Gasteiger partial charge in [-0.15, -0.1) is 12.4 Å². The van der Waals surface area contributed by atoms with Crippen LogP contribution in [0, 0.1) is 3.57 Å². The molecular weight excluding hydrogens is 365 g/mol. The molecular formula is C12H17ClIN3O. The zero-order chi connectivity index (χ0) is 12.3. The van der Waals surface area contributed by atoms with E-state index in [0.717, 1.165) is 28.9 Å². The summed E-state index contributed by atoms with van der Waals surface area (Å²) < 4.78 is 1.16. The predicted octanol–water partition coefficient (Wildman–Crippen LogP) is 2.54. The maximum atomic E-state index is 12.0. The van der Waals surface area contributed by atoms with Gasteiger partial charge in [-0.25, -0.2) is 4.79 Å². The van der Waals surface area contributed by atoms with E-state index < -0.39 is 0 Å². The summed E-state index contributed by atoms with van der Waals surface area (Å²) in [5.74, 6) is 0. The molecule has 100 valence electrons. The fraction of sp³-hybridized carbons (Fsp3) is 0.417. The maximum absolute atomic E-state index is 12.0. The maximum Gasteiger partial charge on any atom is 0.322 e. The standard InChI is InChI=1S/C12H16IN3O.ClH/c1-9-8-14-6-7-16(9)12(17)15-11-4-2-10(13)3-5-11;/h2-5,9,14H,6-8H2,1H3,(H,15,17);1H. The highest BCUT2D eigenvalue weighted by Gasteiger charge is 2.22. The van der Waals surface area contributed by atoms with Crippen LogP contribution in [0.3, 0.4) is 0 Å². The fourth-order valence-corrected chi connectivity index (χ4v) is 2.23. The van der Waals surface area contributed by atoms with Gasteiger partial charge in [0.1, 0.15) is 0 Å². The molecule has 1 atom stereocenters. The first-order valence-electron chi connectivity index (χ1n) is 5.71. The number of carbonyl (C=O) groups excluding carboxylic acids is 1. The summed E-state index contributed by atoms with van der Waals surface area (Å²) >= 11 is 2.25. The van der Waals surface area contributed by atoms with Crippen molar-refractivity contribution in [3.8, 4) is 0 Å². The Kier molecular flexibility index (Phi) is 6.17. The number of benzene rings is 1. The topological polar surface area (TPSA) is 44.4 Å². The first kappa shape index (κ1) is 15.5. The Labute approximate surface area is 127 Å². The van der Waals surface area contributed by atoms with Crippen LogP contribution in [0.2, 0.25) is 0 Å². The van der Waals surface area contributed by atoms with Crippen molar-refractivity contribution in [2.24, 2.45) is 0 Å². The van der Waals surface area contributed by atoms with Crippen LogP contribution < -0.4 is 10.6 Å². The normalized spacial score (nSPS) is 19.0. The molecule has 2 amide bonds. The lowest BCUT2D eigenvalue weighted by molar-refractivity contribution is 0.177. The van der Waals surface area contributed by atoms with Crippen LogP contribution in [-0.2, 0) is 0 Å². The van der Waals surface area contributed by atoms with Crippen LogP contribution >= 0.6 is 35.0 Å². The van der Waals surface area contributed by atoms with Gasteiger partial charge < -0.3 is 15.5 Å². The molecule has 0 spiro atoms. The SMILES string of the molecule is CC1CNCCN1C(=O)Nc1ccc(I)cc1.Cl. The molecule has 4 nitrogen and oxygen atoms in total. The van der Waals surface area contributed by atoms with Gasteiger partial charge in [-0.1, -0.05) is 0 Å². The molecule has 2 N–H and O–H groups in total. The van der Waals surface area contributed by atoms with Crippen LogP contribution in [0.1, 0.15) is 6.92 Å². The highest BCUT2D eigenvalue weighted by molar-refractivity contribution is 14.1. The first-order valence-corrected chi connectivity index (χ1v) is 6.78. The van der Waals surface area contributed by atoms with E-state index in [1.807, 2.05) is 29.2 Å². The molecule has 1 saturated heterocycles. The summed E-state index contributed by atoms with van der Waals surface area (Å²) in [7, 11) is 0. The van der Waals surface area contributed by atoms with Crippen LogP contribution in [0.15, 0.2) is 24.3 Å². The number of amides is 2. The molecule has 1 heterocycles.